The summed E-state index contributed by atoms with van der Waals surface area (Å²) in [6.45, 7) is 3.32. The maximum atomic E-state index is 12.4. The van der Waals surface area contributed by atoms with Gasteiger partial charge in [0.1, 0.15) is 5.69 Å². The molecule has 0 aromatic carbocycles. The van der Waals surface area contributed by atoms with Crippen molar-refractivity contribution in [3.05, 3.63) is 16.1 Å². The summed E-state index contributed by atoms with van der Waals surface area (Å²) in [6, 6.07) is 0.0485. The standard InChI is InChI=1S/C13H20N4O2S/c1-9(18)15-10-3-2-6-17(7-10)13(19)11-8-20-12(16-11)4-5-14/h8,10H,2-7,14H2,1H3,(H,15,18). The van der Waals surface area contributed by atoms with Gasteiger partial charge in [-0.25, -0.2) is 4.98 Å². The molecule has 2 heterocycles. The fourth-order valence-corrected chi connectivity index (χ4v) is 3.16. The summed E-state index contributed by atoms with van der Waals surface area (Å²) in [4.78, 5) is 29.6. The number of amides is 2. The second-order valence-corrected chi connectivity index (χ2v) is 5.90. The van der Waals surface area contributed by atoms with Gasteiger partial charge in [0.15, 0.2) is 0 Å². The Bertz CT molecular complexity index is 488. The SMILES string of the molecule is CC(=O)NC1CCCN(C(=O)c2csc(CCN)n2)C1. The van der Waals surface area contributed by atoms with E-state index in [2.05, 4.69) is 10.3 Å². The number of hydrogen-bond donors (Lipinski definition) is 2. The lowest BCUT2D eigenvalue weighted by molar-refractivity contribution is -0.120. The van der Waals surface area contributed by atoms with Crippen LogP contribution in [0, 0.1) is 0 Å². The molecule has 0 bridgehead atoms. The molecule has 0 radical (unpaired) electrons. The van der Waals surface area contributed by atoms with Gasteiger partial charge in [-0.2, -0.15) is 0 Å². The van der Waals surface area contributed by atoms with Gasteiger partial charge in [-0.05, 0) is 19.4 Å². The van der Waals surface area contributed by atoms with Gasteiger partial charge in [-0.15, -0.1) is 11.3 Å². The van der Waals surface area contributed by atoms with Crippen molar-refractivity contribution in [3.63, 3.8) is 0 Å². The number of nitrogens with one attached hydrogen (secondary N) is 1. The van der Waals surface area contributed by atoms with Crippen LogP contribution in [0.15, 0.2) is 5.38 Å². The summed E-state index contributed by atoms with van der Waals surface area (Å²) in [6.07, 6.45) is 2.52. The Labute approximate surface area is 122 Å². The summed E-state index contributed by atoms with van der Waals surface area (Å²) in [5.74, 6) is -0.109. The molecule has 110 valence electrons. The number of hydrogen-bond acceptors (Lipinski definition) is 5. The second kappa shape index (κ2) is 6.81. The van der Waals surface area contributed by atoms with E-state index in [0.29, 0.717) is 25.2 Å². The third-order valence-electron chi connectivity index (χ3n) is 3.25. The maximum Gasteiger partial charge on any atom is 0.273 e. The molecule has 1 unspecified atom stereocenters. The molecule has 7 heteroatoms. The summed E-state index contributed by atoms with van der Waals surface area (Å²) < 4.78 is 0. The molecule has 1 aliphatic heterocycles. The molecule has 20 heavy (non-hydrogen) atoms. The number of carbonyl (C=O) groups is 2. The van der Waals surface area contributed by atoms with Gasteiger partial charge < -0.3 is 16.0 Å². The highest BCUT2D eigenvalue weighted by Gasteiger charge is 2.26. The Balaban J connectivity index is 1.98. The van der Waals surface area contributed by atoms with Crippen LogP contribution in [0.25, 0.3) is 0 Å². The van der Waals surface area contributed by atoms with E-state index < -0.39 is 0 Å². The topological polar surface area (TPSA) is 88.3 Å². The van der Waals surface area contributed by atoms with Crippen LogP contribution in [0.2, 0.25) is 0 Å². The quantitative estimate of drug-likeness (QED) is 0.841. The molecule has 1 aromatic rings. The van der Waals surface area contributed by atoms with Crippen molar-refractivity contribution in [1.29, 1.82) is 0 Å². The summed E-state index contributed by atoms with van der Waals surface area (Å²) in [5.41, 5.74) is 5.97. The molecule has 1 aliphatic rings. The maximum absolute atomic E-state index is 12.4. The molecule has 2 rings (SSSR count). The molecule has 2 amide bonds. The Kier molecular flexibility index (Phi) is 5.08. The van der Waals surface area contributed by atoms with Gasteiger partial charge in [-0.1, -0.05) is 0 Å². The number of piperidine rings is 1. The number of thiazole rings is 1. The average Bonchev–Trinajstić information content (AvgIpc) is 2.86. The zero-order valence-corrected chi connectivity index (χ0v) is 12.4. The Morgan fingerprint density at radius 3 is 3.10 bits per heavy atom. The second-order valence-electron chi connectivity index (χ2n) is 4.96. The molecule has 1 saturated heterocycles. The average molecular weight is 296 g/mol. The summed E-state index contributed by atoms with van der Waals surface area (Å²) >= 11 is 1.47. The first-order valence-corrected chi connectivity index (χ1v) is 7.69. The van der Waals surface area contributed by atoms with E-state index in [1.165, 1.54) is 18.3 Å². The van der Waals surface area contributed by atoms with E-state index in [-0.39, 0.29) is 17.9 Å². The minimum Gasteiger partial charge on any atom is -0.352 e. The number of nitrogens with zero attached hydrogens (tertiary/aromatic N) is 2. The number of rotatable bonds is 4. The van der Waals surface area contributed by atoms with E-state index in [4.69, 9.17) is 5.73 Å². The van der Waals surface area contributed by atoms with E-state index in [0.717, 1.165) is 24.4 Å². The molecular formula is C13H20N4O2S. The number of nitrogens with two attached hydrogens (primary N) is 1. The first-order chi connectivity index (χ1) is 9.60. The van der Waals surface area contributed by atoms with Crippen LogP contribution in [0.5, 0.6) is 0 Å². The molecule has 1 aromatic heterocycles. The van der Waals surface area contributed by atoms with Crippen molar-refractivity contribution in [2.24, 2.45) is 5.73 Å². The molecule has 6 nitrogen and oxygen atoms in total. The minimum absolute atomic E-state index is 0.0485. The van der Waals surface area contributed by atoms with E-state index in [9.17, 15) is 9.59 Å². The van der Waals surface area contributed by atoms with E-state index in [1.54, 1.807) is 10.3 Å². The fraction of sp³-hybridized carbons (Fsp3) is 0.615. The fourth-order valence-electron chi connectivity index (χ4n) is 2.38. The number of carbonyl (C=O) groups excluding carboxylic acids is 2. The zero-order chi connectivity index (χ0) is 14.5. The van der Waals surface area contributed by atoms with Gasteiger partial charge >= 0.3 is 0 Å². The smallest absolute Gasteiger partial charge is 0.273 e. The van der Waals surface area contributed by atoms with Gasteiger partial charge in [-0.3, -0.25) is 9.59 Å². The number of aromatic nitrogens is 1. The normalized spacial score (nSPS) is 18.9. The highest BCUT2D eigenvalue weighted by Crippen LogP contribution is 2.16. The largest absolute Gasteiger partial charge is 0.352 e. The molecule has 1 fully saturated rings. The van der Waals surface area contributed by atoms with Crippen LogP contribution >= 0.6 is 11.3 Å². The number of likely N-dealkylation sites (tertiary alicyclic amines) is 1. The lowest BCUT2D eigenvalue weighted by atomic mass is 10.1. The lowest BCUT2D eigenvalue weighted by Gasteiger charge is -2.32. The highest BCUT2D eigenvalue weighted by molar-refractivity contribution is 7.09. The van der Waals surface area contributed by atoms with Gasteiger partial charge in [0.05, 0.1) is 5.01 Å². The predicted molar refractivity (Wildman–Crippen MR) is 77.6 cm³/mol. The Morgan fingerprint density at radius 2 is 2.40 bits per heavy atom. The summed E-state index contributed by atoms with van der Waals surface area (Å²) in [5, 5.41) is 5.56. The van der Waals surface area contributed by atoms with Crippen LogP contribution in [0.3, 0.4) is 0 Å². The highest BCUT2D eigenvalue weighted by atomic mass is 32.1. The van der Waals surface area contributed by atoms with Crippen molar-refractivity contribution in [3.8, 4) is 0 Å². The lowest BCUT2D eigenvalue weighted by Crippen LogP contribution is -2.49. The van der Waals surface area contributed by atoms with Crippen molar-refractivity contribution < 1.29 is 9.59 Å². The Morgan fingerprint density at radius 1 is 1.60 bits per heavy atom. The first-order valence-electron chi connectivity index (χ1n) is 6.81. The summed E-state index contributed by atoms with van der Waals surface area (Å²) in [7, 11) is 0. The van der Waals surface area contributed by atoms with Crippen molar-refractivity contribution in [1.82, 2.24) is 15.2 Å². The Hall–Kier alpha value is -1.47. The predicted octanol–water partition coefficient (Wildman–Crippen LogP) is 0.385. The third kappa shape index (κ3) is 3.77. The minimum atomic E-state index is -0.0560. The molecule has 3 N–H and O–H groups in total. The van der Waals surface area contributed by atoms with E-state index >= 15 is 0 Å². The molecular weight excluding hydrogens is 276 g/mol. The van der Waals surface area contributed by atoms with Crippen molar-refractivity contribution in [2.45, 2.75) is 32.2 Å². The third-order valence-corrected chi connectivity index (χ3v) is 4.15. The first kappa shape index (κ1) is 14.9. The zero-order valence-electron chi connectivity index (χ0n) is 11.6. The van der Waals surface area contributed by atoms with Gasteiger partial charge in [0, 0.05) is 37.9 Å². The van der Waals surface area contributed by atoms with Crippen LogP contribution in [0.4, 0.5) is 0 Å². The molecule has 1 atom stereocenters. The van der Waals surface area contributed by atoms with Crippen molar-refractivity contribution in [2.75, 3.05) is 19.6 Å². The van der Waals surface area contributed by atoms with Crippen LogP contribution < -0.4 is 11.1 Å². The van der Waals surface area contributed by atoms with Crippen molar-refractivity contribution >= 4 is 23.2 Å². The monoisotopic (exact) mass is 296 g/mol. The van der Waals surface area contributed by atoms with Crippen LogP contribution in [-0.4, -0.2) is 47.4 Å². The molecule has 0 spiro atoms. The van der Waals surface area contributed by atoms with E-state index in [1.807, 2.05) is 0 Å². The van der Waals surface area contributed by atoms with Gasteiger partial charge in [0.2, 0.25) is 5.91 Å². The molecule has 0 aliphatic carbocycles. The molecule has 0 saturated carbocycles. The van der Waals surface area contributed by atoms with Crippen LogP contribution in [0.1, 0.15) is 35.3 Å². The van der Waals surface area contributed by atoms with Crippen LogP contribution in [-0.2, 0) is 11.2 Å². The van der Waals surface area contributed by atoms with Gasteiger partial charge in [0.25, 0.3) is 5.91 Å².